The first kappa shape index (κ1) is 15.3. The Labute approximate surface area is 139 Å². The van der Waals surface area contributed by atoms with E-state index in [0.717, 1.165) is 16.5 Å². The fourth-order valence-electron chi connectivity index (χ4n) is 2.11. The minimum Gasteiger partial charge on any atom is -0.274 e. The second-order valence-corrected chi connectivity index (χ2v) is 7.00. The fourth-order valence-corrected chi connectivity index (χ4v) is 4.24. The van der Waals surface area contributed by atoms with E-state index in [0.29, 0.717) is 0 Å². The van der Waals surface area contributed by atoms with Crippen LogP contribution in [0.2, 0.25) is 0 Å². The van der Waals surface area contributed by atoms with Gasteiger partial charge in [0.05, 0.1) is 4.90 Å². The van der Waals surface area contributed by atoms with Gasteiger partial charge in [-0.3, -0.25) is 4.68 Å². The zero-order valence-electron chi connectivity index (χ0n) is 12.5. The first-order valence-electron chi connectivity index (χ1n) is 7.18. The lowest BCUT2D eigenvalue weighted by Gasteiger charge is -2.03. The summed E-state index contributed by atoms with van der Waals surface area (Å²) in [4.78, 5) is 1.26. The molecule has 0 saturated heterocycles. The molecule has 3 aromatic rings. The Kier molecular flexibility index (Phi) is 5.24. The Morgan fingerprint density at radius 1 is 0.818 bits per heavy atom. The van der Waals surface area contributed by atoms with E-state index in [9.17, 15) is 0 Å². The van der Waals surface area contributed by atoms with Crippen LogP contribution in [0, 0.1) is 0 Å². The molecular formula is C18H18N2S2. The highest BCUT2D eigenvalue weighted by Gasteiger charge is 2.09. The first-order valence-corrected chi connectivity index (χ1v) is 9.15. The summed E-state index contributed by atoms with van der Waals surface area (Å²) in [5.74, 6) is 1.93. The van der Waals surface area contributed by atoms with E-state index in [1.54, 1.807) is 11.8 Å². The molecule has 22 heavy (non-hydrogen) atoms. The number of nitrogens with zero attached hydrogens (tertiary/aromatic N) is 2. The van der Waals surface area contributed by atoms with Gasteiger partial charge in [-0.2, -0.15) is 5.10 Å². The standard InChI is InChI=1S/C18H18N2S2/c1-20-12-17(21-13-15-8-4-2-5-9-15)18(19-20)22-14-16-10-6-3-7-11-16/h2-12H,13-14H2,1H3. The van der Waals surface area contributed by atoms with E-state index in [4.69, 9.17) is 0 Å². The van der Waals surface area contributed by atoms with Crippen molar-refractivity contribution in [2.24, 2.45) is 7.05 Å². The normalized spacial score (nSPS) is 10.8. The van der Waals surface area contributed by atoms with Crippen molar-refractivity contribution in [2.45, 2.75) is 21.4 Å². The Morgan fingerprint density at radius 3 is 1.95 bits per heavy atom. The summed E-state index contributed by atoms with van der Waals surface area (Å²) in [7, 11) is 1.99. The second kappa shape index (κ2) is 7.56. The van der Waals surface area contributed by atoms with E-state index < -0.39 is 0 Å². The maximum Gasteiger partial charge on any atom is 0.132 e. The second-order valence-electron chi connectivity index (χ2n) is 5.02. The van der Waals surface area contributed by atoms with Crippen molar-refractivity contribution in [1.82, 2.24) is 9.78 Å². The Hall–Kier alpha value is -1.65. The lowest BCUT2D eigenvalue weighted by Crippen LogP contribution is -1.87. The number of aromatic nitrogens is 2. The fraction of sp³-hybridized carbons (Fsp3) is 0.167. The molecule has 0 amide bonds. The predicted octanol–water partition coefficient (Wildman–Crippen LogP) is 5.00. The van der Waals surface area contributed by atoms with E-state index in [1.165, 1.54) is 16.0 Å². The summed E-state index contributed by atoms with van der Waals surface area (Å²) in [6, 6.07) is 21.1. The number of benzene rings is 2. The van der Waals surface area contributed by atoms with Crippen molar-refractivity contribution < 1.29 is 0 Å². The van der Waals surface area contributed by atoms with Gasteiger partial charge in [0, 0.05) is 24.8 Å². The molecule has 112 valence electrons. The molecule has 0 spiro atoms. The summed E-state index contributed by atoms with van der Waals surface area (Å²) < 4.78 is 1.90. The molecule has 0 unspecified atom stereocenters. The van der Waals surface area contributed by atoms with Crippen LogP contribution in [0.5, 0.6) is 0 Å². The topological polar surface area (TPSA) is 17.8 Å². The molecule has 0 N–H and O–H groups in total. The summed E-state index contributed by atoms with van der Waals surface area (Å²) >= 11 is 3.66. The molecule has 1 aromatic heterocycles. The Bertz CT molecular complexity index is 647. The molecule has 4 heteroatoms. The lowest BCUT2D eigenvalue weighted by molar-refractivity contribution is 0.738. The monoisotopic (exact) mass is 326 g/mol. The first-order chi connectivity index (χ1) is 10.8. The number of hydrogen-bond donors (Lipinski definition) is 0. The van der Waals surface area contributed by atoms with Crippen molar-refractivity contribution in [3.05, 3.63) is 78.0 Å². The minimum atomic E-state index is 0.955. The van der Waals surface area contributed by atoms with Gasteiger partial charge in [-0.05, 0) is 11.1 Å². The van der Waals surface area contributed by atoms with Crippen LogP contribution in [0.3, 0.4) is 0 Å². The van der Waals surface area contributed by atoms with Crippen LogP contribution in [0.1, 0.15) is 11.1 Å². The summed E-state index contributed by atoms with van der Waals surface area (Å²) in [5.41, 5.74) is 2.67. The third-order valence-electron chi connectivity index (χ3n) is 3.22. The van der Waals surface area contributed by atoms with E-state index in [-0.39, 0.29) is 0 Å². The van der Waals surface area contributed by atoms with Gasteiger partial charge in [-0.25, -0.2) is 0 Å². The molecule has 2 aromatic carbocycles. The molecule has 0 aliphatic rings. The SMILES string of the molecule is Cn1cc(SCc2ccccc2)c(SCc2ccccc2)n1. The van der Waals surface area contributed by atoms with Crippen LogP contribution in [0.4, 0.5) is 0 Å². The van der Waals surface area contributed by atoms with Crippen molar-refractivity contribution >= 4 is 23.5 Å². The van der Waals surface area contributed by atoms with Crippen LogP contribution in [0.15, 0.2) is 76.8 Å². The minimum absolute atomic E-state index is 0.955. The van der Waals surface area contributed by atoms with E-state index >= 15 is 0 Å². The van der Waals surface area contributed by atoms with Gasteiger partial charge in [0.15, 0.2) is 0 Å². The molecule has 1 heterocycles. The molecule has 0 fully saturated rings. The molecule has 0 aliphatic carbocycles. The molecule has 3 rings (SSSR count). The number of hydrogen-bond acceptors (Lipinski definition) is 3. The summed E-state index contributed by atoms with van der Waals surface area (Å²) in [6.07, 6.45) is 2.11. The van der Waals surface area contributed by atoms with Crippen molar-refractivity contribution in [3.8, 4) is 0 Å². The highest BCUT2D eigenvalue weighted by molar-refractivity contribution is 8.01. The average molecular weight is 326 g/mol. The molecule has 0 bridgehead atoms. The van der Waals surface area contributed by atoms with Crippen LogP contribution in [-0.4, -0.2) is 9.78 Å². The van der Waals surface area contributed by atoms with Crippen LogP contribution in [0.25, 0.3) is 0 Å². The van der Waals surface area contributed by atoms with Gasteiger partial charge in [0.2, 0.25) is 0 Å². The molecular weight excluding hydrogens is 308 g/mol. The highest BCUT2D eigenvalue weighted by Crippen LogP contribution is 2.33. The maximum absolute atomic E-state index is 4.60. The number of rotatable bonds is 6. The Morgan fingerprint density at radius 2 is 1.36 bits per heavy atom. The summed E-state index contributed by atoms with van der Waals surface area (Å²) in [5, 5.41) is 5.71. The predicted molar refractivity (Wildman–Crippen MR) is 95.2 cm³/mol. The maximum atomic E-state index is 4.60. The molecule has 2 nitrogen and oxygen atoms in total. The molecule has 0 radical (unpaired) electrons. The quantitative estimate of drug-likeness (QED) is 0.593. The third kappa shape index (κ3) is 4.18. The number of aryl methyl sites for hydroxylation is 1. The smallest absolute Gasteiger partial charge is 0.132 e. The third-order valence-corrected chi connectivity index (χ3v) is 5.49. The van der Waals surface area contributed by atoms with Crippen LogP contribution in [-0.2, 0) is 18.6 Å². The summed E-state index contributed by atoms with van der Waals surface area (Å²) in [6.45, 7) is 0. The van der Waals surface area contributed by atoms with Gasteiger partial charge < -0.3 is 0 Å². The van der Waals surface area contributed by atoms with E-state index in [2.05, 4.69) is 72.0 Å². The van der Waals surface area contributed by atoms with Gasteiger partial charge in [-0.1, -0.05) is 72.4 Å². The van der Waals surface area contributed by atoms with Gasteiger partial charge in [0.25, 0.3) is 0 Å². The van der Waals surface area contributed by atoms with Crippen molar-refractivity contribution in [2.75, 3.05) is 0 Å². The van der Waals surface area contributed by atoms with Gasteiger partial charge >= 0.3 is 0 Å². The Balaban J connectivity index is 1.65. The van der Waals surface area contributed by atoms with Gasteiger partial charge in [-0.15, -0.1) is 11.8 Å². The van der Waals surface area contributed by atoms with Gasteiger partial charge in [0.1, 0.15) is 5.03 Å². The molecule has 0 saturated carbocycles. The lowest BCUT2D eigenvalue weighted by atomic mass is 10.2. The largest absolute Gasteiger partial charge is 0.274 e. The van der Waals surface area contributed by atoms with Crippen LogP contribution < -0.4 is 0 Å². The van der Waals surface area contributed by atoms with Crippen molar-refractivity contribution in [1.29, 1.82) is 0 Å². The zero-order valence-corrected chi connectivity index (χ0v) is 14.1. The zero-order chi connectivity index (χ0) is 15.2. The molecule has 0 aliphatic heterocycles. The average Bonchev–Trinajstić information content (AvgIpc) is 2.93. The van der Waals surface area contributed by atoms with Crippen LogP contribution >= 0.6 is 23.5 Å². The number of thioether (sulfide) groups is 2. The van der Waals surface area contributed by atoms with E-state index in [1.807, 2.05) is 23.5 Å². The molecule has 0 atom stereocenters. The van der Waals surface area contributed by atoms with Crippen molar-refractivity contribution in [3.63, 3.8) is 0 Å². The highest BCUT2D eigenvalue weighted by atomic mass is 32.2.